The number of aryl methyl sites for hydroxylation is 2. The monoisotopic (exact) mass is 433 g/mol. The molecule has 0 spiro atoms. The molecule has 0 bridgehead atoms. The largest absolute Gasteiger partial charge is 0.329 e. The van der Waals surface area contributed by atoms with Gasteiger partial charge in [-0.15, -0.1) is 0 Å². The van der Waals surface area contributed by atoms with Crippen LogP contribution < -0.4 is 0 Å². The minimum Gasteiger partial charge on any atom is -0.329 e. The zero-order chi connectivity index (χ0) is 22.4. The zero-order valence-corrected chi connectivity index (χ0v) is 18.2. The lowest BCUT2D eigenvalue weighted by molar-refractivity contribution is -0.131. The highest BCUT2D eigenvalue weighted by Gasteiger charge is 2.41. The number of rotatable bonds is 3. The summed E-state index contributed by atoms with van der Waals surface area (Å²) in [5, 5.41) is 0. The highest BCUT2D eigenvalue weighted by molar-refractivity contribution is 5.99. The minimum atomic E-state index is -0.604. The SMILES string of the molecule is Cc1cn(-c2ccc(/C=C3\CC[C@H]4CC[C@@H](c5cc(F)cc(F)c5)N4C3=O)cc2C)cn1. The van der Waals surface area contributed by atoms with Gasteiger partial charge in [-0.1, -0.05) is 6.07 Å². The van der Waals surface area contributed by atoms with Crippen LogP contribution in [0.15, 0.2) is 54.5 Å². The second kappa shape index (κ2) is 8.01. The second-order valence-corrected chi connectivity index (χ2v) is 8.84. The first-order valence-corrected chi connectivity index (χ1v) is 11.0. The van der Waals surface area contributed by atoms with Gasteiger partial charge in [-0.05, 0) is 86.6 Å². The van der Waals surface area contributed by atoms with Crippen LogP contribution in [0.2, 0.25) is 0 Å². The number of carbonyl (C=O) groups excluding carboxylic acids is 1. The van der Waals surface area contributed by atoms with Gasteiger partial charge in [-0.2, -0.15) is 0 Å². The maximum atomic E-state index is 13.8. The van der Waals surface area contributed by atoms with Crippen molar-refractivity contribution in [3.8, 4) is 5.69 Å². The van der Waals surface area contributed by atoms with Crippen LogP contribution in [0.4, 0.5) is 8.78 Å². The van der Waals surface area contributed by atoms with Gasteiger partial charge >= 0.3 is 0 Å². The summed E-state index contributed by atoms with van der Waals surface area (Å²) < 4.78 is 29.6. The first-order chi connectivity index (χ1) is 15.4. The number of aromatic nitrogens is 2. The number of nitrogens with zero attached hydrogens (tertiary/aromatic N) is 3. The average molecular weight is 434 g/mol. The zero-order valence-electron chi connectivity index (χ0n) is 18.2. The van der Waals surface area contributed by atoms with E-state index in [1.165, 1.54) is 12.1 Å². The number of halogens is 2. The van der Waals surface area contributed by atoms with Gasteiger partial charge < -0.3 is 9.47 Å². The van der Waals surface area contributed by atoms with Crippen LogP contribution in [-0.4, -0.2) is 26.4 Å². The molecule has 4 nitrogen and oxygen atoms in total. The average Bonchev–Trinajstić information content (AvgIpc) is 3.36. The second-order valence-electron chi connectivity index (χ2n) is 8.84. The molecular weight excluding hydrogens is 408 g/mol. The number of hydrogen-bond donors (Lipinski definition) is 0. The molecule has 5 rings (SSSR count). The summed E-state index contributed by atoms with van der Waals surface area (Å²) in [6.07, 6.45) is 8.90. The van der Waals surface area contributed by atoms with Crippen molar-refractivity contribution in [2.24, 2.45) is 0 Å². The van der Waals surface area contributed by atoms with E-state index < -0.39 is 11.6 Å². The Kier molecular flexibility index (Phi) is 5.16. The first kappa shape index (κ1) is 20.6. The minimum absolute atomic E-state index is 0.0274. The molecule has 3 heterocycles. The number of piperidine rings is 1. The number of imidazole rings is 1. The van der Waals surface area contributed by atoms with Crippen LogP contribution in [0.5, 0.6) is 0 Å². The van der Waals surface area contributed by atoms with E-state index in [2.05, 4.69) is 11.1 Å². The van der Waals surface area contributed by atoms with Crippen molar-refractivity contribution in [1.82, 2.24) is 14.5 Å². The van der Waals surface area contributed by atoms with Crippen LogP contribution in [0, 0.1) is 25.5 Å². The summed E-state index contributed by atoms with van der Waals surface area (Å²) in [5.41, 5.74) is 5.35. The van der Waals surface area contributed by atoms with Gasteiger partial charge in [-0.3, -0.25) is 4.79 Å². The van der Waals surface area contributed by atoms with Crippen molar-refractivity contribution in [1.29, 1.82) is 0 Å². The molecule has 32 heavy (non-hydrogen) atoms. The van der Waals surface area contributed by atoms with E-state index in [-0.39, 0.29) is 18.0 Å². The molecule has 2 aliphatic rings. The van der Waals surface area contributed by atoms with Crippen molar-refractivity contribution >= 4 is 12.0 Å². The molecule has 0 radical (unpaired) electrons. The van der Waals surface area contributed by atoms with E-state index in [4.69, 9.17) is 0 Å². The maximum absolute atomic E-state index is 13.8. The van der Waals surface area contributed by atoms with E-state index in [9.17, 15) is 13.6 Å². The predicted molar refractivity (Wildman–Crippen MR) is 119 cm³/mol. The summed E-state index contributed by atoms with van der Waals surface area (Å²) in [4.78, 5) is 19.5. The molecule has 2 aromatic carbocycles. The Morgan fingerprint density at radius 2 is 1.81 bits per heavy atom. The van der Waals surface area contributed by atoms with Gasteiger partial charge in [0.2, 0.25) is 0 Å². The molecule has 164 valence electrons. The summed E-state index contributed by atoms with van der Waals surface area (Å²) >= 11 is 0. The van der Waals surface area contributed by atoms with Crippen LogP contribution in [0.3, 0.4) is 0 Å². The van der Waals surface area contributed by atoms with Gasteiger partial charge in [0.1, 0.15) is 11.6 Å². The predicted octanol–water partition coefficient (Wildman–Crippen LogP) is 5.68. The number of amides is 1. The van der Waals surface area contributed by atoms with E-state index in [0.717, 1.165) is 53.4 Å². The number of hydrogen-bond acceptors (Lipinski definition) is 2. The van der Waals surface area contributed by atoms with Crippen LogP contribution in [-0.2, 0) is 4.79 Å². The van der Waals surface area contributed by atoms with Crippen LogP contribution in [0.1, 0.15) is 54.1 Å². The Morgan fingerprint density at radius 3 is 2.50 bits per heavy atom. The Bertz CT molecular complexity index is 1210. The molecular formula is C26H25F2N3O. The van der Waals surface area contributed by atoms with Crippen molar-refractivity contribution in [2.45, 2.75) is 51.6 Å². The molecule has 0 aliphatic carbocycles. The van der Waals surface area contributed by atoms with Gasteiger partial charge in [0.25, 0.3) is 5.91 Å². The van der Waals surface area contributed by atoms with E-state index >= 15 is 0 Å². The topological polar surface area (TPSA) is 38.1 Å². The quantitative estimate of drug-likeness (QED) is 0.499. The Morgan fingerprint density at radius 1 is 1.03 bits per heavy atom. The van der Waals surface area contributed by atoms with E-state index in [0.29, 0.717) is 12.0 Å². The van der Waals surface area contributed by atoms with Gasteiger partial charge in [-0.25, -0.2) is 13.8 Å². The fourth-order valence-corrected chi connectivity index (χ4v) is 5.11. The van der Waals surface area contributed by atoms with Crippen LogP contribution >= 0.6 is 0 Å². The lowest BCUT2D eigenvalue weighted by Gasteiger charge is -2.35. The van der Waals surface area contributed by atoms with E-state index in [1.54, 1.807) is 6.33 Å². The fourth-order valence-electron chi connectivity index (χ4n) is 5.11. The molecule has 1 aromatic heterocycles. The first-order valence-electron chi connectivity index (χ1n) is 11.0. The van der Waals surface area contributed by atoms with Gasteiger partial charge in [0, 0.05) is 29.6 Å². The molecule has 1 amide bonds. The van der Waals surface area contributed by atoms with Crippen molar-refractivity contribution in [3.63, 3.8) is 0 Å². The van der Waals surface area contributed by atoms with Crippen molar-refractivity contribution in [2.75, 3.05) is 0 Å². The molecule has 0 unspecified atom stereocenters. The third-order valence-corrected chi connectivity index (χ3v) is 6.58. The molecule has 0 saturated carbocycles. The number of benzene rings is 2. The maximum Gasteiger partial charge on any atom is 0.250 e. The molecule has 3 aromatic rings. The summed E-state index contributed by atoms with van der Waals surface area (Å²) in [7, 11) is 0. The summed E-state index contributed by atoms with van der Waals surface area (Å²) in [5.74, 6) is -1.24. The molecule has 2 fully saturated rings. The molecule has 6 heteroatoms. The number of carbonyl (C=O) groups is 1. The number of fused-ring (bicyclic) bond motifs is 1. The summed E-state index contributed by atoms with van der Waals surface area (Å²) in [6, 6.07) is 9.53. The van der Waals surface area contributed by atoms with Crippen molar-refractivity contribution in [3.05, 3.63) is 88.5 Å². The van der Waals surface area contributed by atoms with Gasteiger partial charge in [0.15, 0.2) is 0 Å². The fraction of sp³-hybridized carbons (Fsp3) is 0.308. The Labute approximate surface area is 186 Å². The molecule has 2 atom stereocenters. The highest BCUT2D eigenvalue weighted by Crippen LogP contribution is 2.42. The lowest BCUT2D eigenvalue weighted by atomic mass is 9.95. The van der Waals surface area contributed by atoms with Crippen molar-refractivity contribution < 1.29 is 13.6 Å². The molecule has 2 aliphatic heterocycles. The normalized spacial score (nSPS) is 21.9. The van der Waals surface area contributed by atoms with E-state index in [1.807, 2.05) is 47.7 Å². The lowest BCUT2D eigenvalue weighted by Crippen LogP contribution is -2.41. The Balaban J connectivity index is 1.43. The third kappa shape index (κ3) is 3.74. The highest BCUT2D eigenvalue weighted by atomic mass is 19.1. The Hall–Kier alpha value is -3.28. The molecule has 0 N–H and O–H groups in total. The van der Waals surface area contributed by atoms with Gasteiger partial charge in [0.05, 0.1) is 18.1 Å². The summed E-state index contributed by atoms with van der Waals surface area (Å²) in [6.45, 7) is 4.00. The molecule has 2 saturated heterocycles. The smallest absolute Gasteiger partial charge is 0.250 e. The standard InChI is InChI=1S/C26H25F2N3O/c1-16-9-18(3-7-24(16)30-14-17(2)29-15-30)10-19-4-5-23-6-8-25(31(23)26(19)32)20-11-21(27)13-22(28)12-20/h3,7,9-15,23,25H,4-6,8H2,1-2H3/b19-10+/t23-,25-/m0/s1. The third-order valence-electron chi connectivity index (χ3n) is 6.58. The van der Waals surface area contributed by atoms with Crippen LogP contribution in [0.25, 0.3) is 11.8 Å².